The van der Waals surface area contributed by atoms with Crippen molar-refractivity contribution < 1.29 is 14.7 Å². The predicted octanol–water partition coefficient (Wildman–Crippen LogP) is 0.388. The number of fused-ring (bicyclic) bond motifs is 1. The van der Waals surface area contributed by atoms with E-state index >= 15 is 0 Å². The Labute approximate surface area is 164 Å². The third-order valence-electron chi connectivity index (χ3n) is 5.40. The Morgan fingerprint density at radius 1 is 1.36 bits per heavy atom. The van der Waals surface area contributed by atoms with Crippen LogP contribution >= 0.6 is 0 Å². The summed E-state index contributed by atoms with van der Waals surface area (Å²) in [5.41, 5.74) is 5.19. The number of aryl methyl sites for hydroxylation is 2. The molecule has 1 atom stereocenters. The zero-order valence-corrected chi connectivity index (χ0v) is 16.9. The summed E-state index contributed by atoms with van der Waals surface area (Å²) in [7, 11) is 1.91. The molecule has 1 aliphatic rings. The van der Waals surface area contributed by atoms with Crippen molar-refractivity contribution in [2.75, 3.05) is 13.2 Å². The fourth-order valence-corrected chi connectivity index (χ4v) is 3.63. The second-order valence-electron chi connectivity index (χ2n) is 7.42. The van der Waals surface area contributed by atoms with E-state index in [0.29, 0.717) is 38.0 Å². The van der Waals surface area contributed by atoms with Crippen LogP contribution < -0.4 is 5.32 Å². The number of nitrogens with one attached hydrogen (secondary N) is 2. The molecule has 3 N–H and O–H groups in total. The maximum Gasteiger partial charge on any atom is 0.272 e. The van der Waals surface area contributed by atoms with Gasteiger partial charge >= 0.3 is 0 Å². The highest BCUT2D eigenvalue weighted by Gasteiger charge is 2.27. The molecule has 9 heteroatoms. The van der Waals surface area contributed by atoms with Crippen molar-refractivity contribution in [2.24, 2.45) is 7.05 Å². The number of aromatic amines is 1. The molecule has 0 fully saturated rings. The molecule has 3 heterocycles. The largest absolute Gasteiger partial charge is 0.394 e. The SMILES string of the molecule is Cc1nn(C)c(C)c1CCC(=O)N1CCc2c(C(=O)NC(C)CO)n[nH]c2C1. The Morgan fingerprint density at radius 3 is 2.75 bits per heavy atom. The van der Waals surface area contributed by atoms with Gasteiger partial charge in [0.25, 0.3) is 5.91 Å². The van der Waals surface area contributed by atoms with E-state index in [9.17, 15) is 9.59 Å². The summed E-state index contributed by atoms with van der Waals surface area (Å²) in [4.78, 5) is 26.8. The molecule has 2 aromatic rings. The lowest BCUT2D eigenvalue weighted by molar-refractivity contribution is -0.132. The number of hydrogen-bond acceptors (Lipinski definition) is 5. The lowest BCUT2D eigenvalue weighted by atomic mass is 10.0. The lowest BCUT2D eigenvalue weighted by Gasteiger charge is -2.27. The molecule has 3 rings (SSSR count). The molecule has 0 bridgehead atoms. The molecule has 9 nitrogen and oxygen atoms in total. The maximum absolute atomic E-state index is 12.7. The molecule has 2 aromatic heterocycles. The highest BCUT2D eigenvalue weighted by Crippen LogP contribution is 2.22. The van der Waals surface area contributed by atoms with Crippen LogP contribution in [-0.2, 0) is 31.2 Å². The average molecular weight is 388 g/mol. The number of amides is 2. The van der Waals surface area contributed by atoms with Gasteiger partial charge in [-0.05, 0) is 39.2 Å². The van der Waals surface area contributed by atoms with Gasteiger partial charge in [0.05, 0.1) is 24.5 Å². The summed E-state index contributed by atoms with van der Waals surface area (Å²) in [5.74, 6) is -0.218. The van der Waals surface area contributed by atoms with Gasteiger partial charge in [0.15, 0.2) is 5.69 Å². The van der Waals surface area contributed by atoms with Gasteiger partial charge < -0.3 is 15.3 Å². The monoisotopic (exact) mass is 388 g/mol. The van der Waals surface area contributed by atoms with Gasteiger partial charge in [-0.25, -0.2) is 0 Å². The molecule has 2 amide bonds. The van der Waals surface area contributed by atoms with Crippen LogP contribution in [0.2, 0.25) is 0 Å². The Morgan fingerprint density at radius 2 is 2.11 bits per heavy atom. The number of H-pyrrole nitrogens is 1. The molecule has 28 heavy (non-hydrogen) atoms. The van der Waals surface area contributed by atoms with E-state index in [-0.39, 0.29) is 24.5 Å². The predicted molar refractivity (Wildman–Crippen MR) is 103 cm³/mol. The summed E-state index contributed by atoms with van der Waals surface area (Å²) in [6, 6.07) is -0.332. The quantitative estimate of drug-likeness (QED) is 0.662. The van der Waals surface area contributed by atoms with E-state index in [0.717, 1.165) is 28.2 Å². The Kier molecular flexibility index (Phi) is 5.83. The zero-order chi connectivity index (χ0) is 20.4. The Balaban J connectivity index is 1.62. The highest BCUT2D eigenvalue weighted by atomic mass is 16.3. The van der Waals surface area contributed by atoms with Crippen LogP contribution in [0.25, 0.3) is 0 Å². The van der Waals surface area contributed by atoms with Crippen molar-refractivity contribution in [3.8, 4) is 0 Å². The fourth-order valence-electron chi connectivity index (χ4n) is 3.63. The Hall–Kier alpha value is -2.68. The van der Waals surface area contributed by atoms with Gasteiger partial charge in [0.1, 0.15) is 0 Å². The van der Waals surface area contributed by atoms with Crippen LogP contribution in [0.4, 0.5) is 0 Å². The Bertz CT molecular complexity index is 885. The number of aliphatic hydroxyl groups is 1. The van der Waals surface area contributed by atoms with Crippen molar-refractivity contribution >= 4 is 11.8 Å². The smallest absolute Gasteiger partial charge is 0.272 e. The van der Waals surface area contributed by atoms with E-state index < -0.39 is 0 Å². The van der Waals surface area contributed by atoms with Crippen molar-refractivity contribution in [1.29, 1.82) is 0 Å². The summed E-state index contributed by atoms with van der Waals surface area (Å²) < 4.78 is 1.84. The summed E-state index contributed by atoms with van der Waals surface area (Å²) in [6.45, 7) is 6.57. The average Bonchev–Trinajstić information content (AvgIpc) is 3.20. The van der Waals surface area contributed by atoms with Gasteiger partial charge in [-0.15, -0.1) is 0 Å². The van der Waals surface area contributed by atoms with Gasteiger partial charge in [-0.3, -0.25) is 19.4 Å². The number of carbonyl (C=O) groups is 2. The highest BCUT2D eigenvalue weighted by molar-refractivity contribution is 5.94. The third-order valence-corrected chi connectivity index (χ3v) is 5.40. The minimum Gasteiger partial charge on any atom is -0.394 e. The van der Waals surface area contributed by atoms with Crippen molar-refractivity contribution in [3.63, 3.8) is 0 Å². The van der Waals surface area contributed by atoms with E-state index in [1.807, 2.05) is 25.6 Å². The first-order valence-corrected chi connectivity index (χ1v) is 9.56. The zero-order valence-electron chi connectivity index (χ0n) is 16.9. The number of rotatable bonds is 6. The van der Waals surface area contributed by atoms with Crippen LogP contribution in [0.15, 0.2) is 0 Å². The van der Waals surface area contributed by atoms with Crippen molar-refractivity contribution in [2.45, 2.75) is 52.6 Å². The molecule has 0 saturated heterocycles. The number of carbonyl (C=O) groups excluding carboxylic acids is 2. The van der Waals surface area contributed by atoms with Crippen LogP contribution in [0, 0.1) is 13.8 Å². The van der Waals surface area contributed by atoms with Crippen molar-refractivity contribution in [3.05, 3.63) is 33.9 Å². The second-order valence-corrected chi connectivity index (χ2v) is 7.42. The summed E-state index contributed by atoms with van der Waals surface area (Å²) in [6.07, 6.45) is 1.68. The molecule has 0 aromatic carbocycles. The van der Waals surface area contributed by atoms with E-state index in [1.165, 1.54) is 0 Å². The first-order chi connectivity index (χ1) is 13.3. The summed E-state index contributed by atoms with van der Waals surface area (Å²) >= 11 is 0. The minimum absolute atomic E-state index is 0.0859. The van der Waals surface area contributed by atoms with Crippen LogP contribution in [0.1, 0.15) is 52.0 Å². The molecule has 0 saturated carbocycles. The molecule has 1 aliphatic heterocycles. The maximum atomic E-state index is 12.7. The van der Waals surface area contributed by atoms with Gasteiger partial charge in [-0.1, -0.05) is 0 Å². The topological polar surface area (TPSA) is 116 Å². The number of aliphatic hydroxyl groups excluding tert-OH is 1. The normalized spacial score (nSPS) is 14.7. The van der Waals surface area contributed by atoms with Gasteiger partial charge in [0, 0.05) is 37.3 Å². The molecule has 0 radical (unpaired) electrons. The molecule has 0 aliphatic carbocycles. The minimum atomic E-state index is -0.332. The number of nitrogens with zero attached hydrogens (tertiary/aromatic N) is 4. The number of aromatic nitrogens is 4. The standard InChI is InChI=1S/C19H28N6O3/c1-11(10-26)20-19(28)18-15-7-8-25(9-16(15)21-22-18)17(27)6-5-14-12(2)23-24(4)13(14)3/h11,26H,5-10H2,1-4H3,(H,20,28)(H,21,22). The van der Waals surface area contributed by atoms with Gasteiger partial charge in [-0.2, -0.15) is 10.2 Å². The van der Waals surface area contributed by atoms with Crippen LogP contribution in [0.3, 0.4) is 0 Å². The van der Waals surface area contributed by atoms with E-state index in [1.54, 1.807) is 11.8 Å². The third kappa shape index (κ3) is 3.94. The molecule has 152 valence electrons. The molecular formula is C19H28N6O3. The van der Waals surface area contributed by atoms with Crippen LogP contribution in [0.5, 0.6) is 0 Å². The molecular weight excluding hydrogens is 360 g/mol. The van der Waals surface area contributed by atoms with Crippen molar-refractivity contribution in [1.82, 2.24) is 30.2 Å². The van der Waals surface area contributed by atoms with Crippen LogP contribution in [-0.4, -0.2) is 61.0 Å². The number of hydrogen-bond donors (Lipinski definition) is 3. The van der Waals surface area contributed by atoms with Gasteiger partial charge in [0.2, 0.25) is 5.91 Å². The first kappa shape index (κ1) is 20.1. The second kappa shape index (κ2) is 8.14. The van der Waals surface area contributed by atoms with E-state index in [4.69, 9.17) is 5.11 Å². The molecule has 1 unspecified atom stereocenters. The molecule has 0 spiro atoms. The van der Waals surface area contributed by atoms with E-state index in [2.05, 4.69) is 20.6 Å². The summed E-state index contributed by atoms with van der Waals surface area (Å²) in [5, 5.41) is 23.2. The fraction of sp³-hybridized carbons (Fsp3) is 0.579. The first-order valence-electron chi connectivity index (χ1n) is 9.56. The lowest BCUT2D eigenvalue weighted by Crippen LogP contribution is -2.38.